The molecule has 0 saturated carbocycles. The minimum absolute atomic E-state index is 0.203. The summed E-state index contributed by atoms with van der Waals surface area (Å²) in [6, 6.07) is 24.6. The summed E-state index contributed by atoms with van der Waals surface area (Å²) in [5, 5.41) is 3.87. The Labute approximate surface area is 179 Å². The van der Waals surface area contributed by atoms with Crippen LogP contribution in [0, 0.1) is 5.82 Å². The quantitative estimate of drug-likeness (QED) is 0.421. The fourth-order valence-corrected chi connectivity index (χ4v) is 3.01. The first-order valence-corrected chi connectivity index (χ1v) is 9.91. The number of nitrogens with one attached hydrogen (secondary N) is 1. The van der Waals surface area contributed by atoms with Gasteiger partial charge in [-0.05, 0) is 60.7 Å². The van der Waals surface area contributed by atoms with Crippen LogP contribution in [0.4, 0.5) is 4.39 Å². The van der Waals surface area contributed by atoms with E-state index in [0.29, 0.717) is 30.2 Å². The molecule has 5 nitrogen and oxygen atoms in total. The van der Waals surface area contributed by atoms with Crippen LogP contribution in [-0.2, 0) is 6.61 Å². The Bertz CT molecular complexity index is 1160. The molecule has 0 aliphatic rings. The second kappa shape index (κ2) is 9.71. The molecule has 31 heavy (non-hydrogen) atoms. The fourth-order valence-electron chi connectivity index (χ4n) is 3.01. The number of pyridine rings is 1. The minimum atomic E-state index is -0.318. The third-order valence-electron chi connectivity index (χ3n) is 4.63. The van der Waals surface area contributed by atoms with Crippen molar-refractivity contribution in [2.24, 2.45) is 0 Å². The maximum absolute atomic E-state index is 12.9. The Hall–Kier alpha value is -3.93. The fraction of sp³-hybridized carbons (Fsp3) is 0.120. The lowest BCUT2D eigenvalue weighted by atomic mass is 10.2. The van der Waals surface area contributed by atoms with E-state index in [2.05, 4.69) is 10.3 Å². The molecule has 0 spiro atoms. The number of halogens is 1. The number of ether oxygens (including phenoxy) is 2. The first-order chi connectivity index (χ1) is 15.2. The van der Waals surface area contributed by atoms with Gasteiger partial charge in [0.25, 0.3) is 5.91 Å². The van der Waals surface area contributed by atoms with Gasteiger partial charge in [-0.3, -0.25) is 4.79 Å². The first kappa shape index (κ1) is 20.3. The number of benzene rings is 3. The molecular weight excluding hydrogens is 395 g/mol. The Morgan fingerprint density at radius 3 is 2.35 bits per heavy atom. The zero-order valence-corrected chi connectivity index (χ0v) is 16.8. The molecule has 3 aromatic carbocycles. The van der Waals surface area contributed by atoms with E-state index < -0.39 is 0 Å². The maximum Gasteiger partial charge on any atom is 0.251 e. The molecule has 156 valence electrons. The van der Waals surface area contributed by atoms with Crippen molar-refractivity contribution in [2.75, 3.05) is 13.2 Å². The van der Waals surface area contributed by atoms with E-state index in [0.717, 1.165) is 16.6 Å². The minimum Gasteiger partial charge on any atom is -0.492 e. The standard InChI is InChI=1S/C25H21FN2O3/c26-20-8-13-22(14-9-20)30-16-15-27-25(29)19-6-11-23(12-7-19)31-17-21-10-5-18-3-1-2-4-24(18)28-21/h1-14H,15-17H2,(H,27,29). The van der Waals surface area contributed by atoms with Crippen LogP contribution in [0.25, 0.3) is 10.9 Å². The third kappa shape index (κ3) is 5.57. The molecular formula is C25H21FN2O3. The highest BCUT2D eigenvalue weighted by Gasteiger charge is 2.06. The molecule has 0 unspecified atom stereocenters. The van der Waals surface area contributed by atoms with Crippen molar-refractivity contribution in [2.45, 2.75) is 6.61 Å². The summed E-state index contributed by atoms with van der Waals surface area (Å²) in [4.78, 5) is 16.8. The average Bonchev–Trinajstić information content (AvgIpc) is 2.81. The van der Waals surface area contributed by atoms with Crippen LogP contribution in [0.1, 0.15) is 16.1 Å². The number of carbonyl (C=O) groups excluding carboxylic acids is 1. The Balaban J connectivity index is 1.24. The van der Waals surface area contributed by atoms with Gasteiger partial charge in [-0.25, -0.2) is 9.37 Å². The predicted molar refractivity (Wildman–Crippen MR) is 117 cm³/mol. The highest BCUT2D eigenvalue weighted by Crippen LogP contribution is 2.16. The van der Waals surface area contributed by atoms with Gasteiger partial charge >= 0.3 is 0 Å². The molecule has 1 amide bonds. The van der Waals surface area contributed by atoms with Crippen LogP contribution < -0.4 is 14.8 Å². The lowest BCUT2D eigenvalue weighted by Crippen LogP contribution is -2.28. The lowest BCUT2D eigenvalue weighted by molar-refractivity contribution is 0.0947. The summed E-state index contributed by atoms with van der Waals surface area (Å²) in [7, 11) is 0. The molecule has 6 heteroatoms. The largest absolute Gasteiger partial charge is 0.492 e. The van der Waals surface area contributed by atoms with Crippen molar-refractivity contribution in [3.63, 3.8) is 0 Å². The Morgan fingerprint density at radius 2 is 1.55 bits per heavy atom. The molecule has 4 rings (SSSR count). The van der Waals surface area contributed by atoms with E-state index in [9.17, 15) is 9.18 Å². The van der Waals surface area contributed by atoms with E-state index >= 15 is 0 Å². The van der Waals surface area contributed by atoms with E-state index in [-0.39, 0.29) is 18.3 Å². The summed E-state index contributed by atoms with van der Waals surface area (Å²) >= 11 is 0. The second-order valence-corrected chi connectivity index (χ2v) is 6.87. The lowest BCUT2D eigenvalue weighted by Gasteiger charge is -2.09. The van der Waals surface area contributed by atoms with E-state index in [1.807, 2.05) is 36.4 Å². The predicted octanol–water partition coefficient (Wildman–Crippen LogP) is 4.76. The van der Waals surface area contributed by atoms with E-state index in [1.54, 1.807) is 36.4 Å². The van der Waals surface area contributed by atoms with Crippen molar-refractivity contribution >= 4 is 16.8 Å². The average molecular weight is 416 g/mol. The molecule has 1 aromatic heterocycles. The molecule has 0 bridgehead atoms. The zero-order chi connectivity index (χ0) is 21.5. The van der Waals surface area contributed by atoms with Gasteiger partial charge in [-0.2, -0.15) is 0 Å². The summed E-state index contributed by atoms with van der Waals surface area (Å²) in [6.07, 6.45) is 0. The third-order valence-corrected chi connectivity index (χ3v) is 4.63. The monoisotopic (exact) mass is 416 g/mol. The van der Waals surface area contributed by atoms with Gasteiger partial charge in [0.05, 0.1) is 17.8 Å². The summed E-state index contributed by atoms with van der Waals surface area (Å²) in [5.74, 6) is 0.691. The van der Waals surface area contributed by atoms with Crippen molar-refractivity contribution < 1.29 is 18.7 Å². The number of hydrogen-bond donors (Lipinski definition) is 1. The van der Waals surface area contributed by atoms with Gasteiger partial charge in [0.1, 0.15) is 30.5 Å². The smallest absolute Gasteiger partial charge is 0.251 e. The van der Waals surface area contributed by atoms with E-state index in [1.165, 1.54) is 12.1 Å². The number of aromatic nitrogens is 1. The van der Waals surface area contributed by atoms with Crippen LogP contribution in [0.5, 0.6) is 11.5 Å². The molecule has 1 N–H and O–H groups in total. The summed E-state index contributed by atoms with van der Waals surface area (Å²) in [6.45, 7) is 0.969. The number of carbonyl (C=O) groups is 1. The van der Waals surface area contributed by atoms with Crippen LogP contribution in [0.2, 0.25) is 0 Å². The molecule has 0 aliphatic carbocycles. The number of amides is 1. The van der Waals surface area contributed by atoms with Gasteiger partial charge in [0.15, 0.2) is 0 Å². The molecule has 1 heterocycles. The first-order valence-electron chi connectivity index (χ1n) is 9.91. The summed E-state index contributed by atoms with van der Waals surface area (Å²) in [5.41, 5.74) is 2.29. The van der Waals surface area contributed by atoms with Gasteiger partial charge in [-0.1, -0.05) is 24.3 Å². The molecule has 0 aliphatic heterocycles. The highest BCUT2D eigenvalue weighted by atomic mass is 19.1. The van der Waals surface area contributed by atoms with Crippen LogP contribution in [0.15, 0.2) is 84.9 Å². The number of para-hydroxylation sites is 1. The van der Waals surface area contributed by atoms with Crippen molar-refractivity contribution in [1.29, 1.82) is 0 Å². The number of fused-ring (bicyclic) bond motifs is 1. The number of rotatable bonds is 8. The van der Waals surface area contributed by atoms with E-state index in [4.69, 9.17) is 9.47 Å². The number of nitrogens with zero attached hydrogens (tertiary/aromatic N) is 1. The van der Waals surface area contributed by atoms with Gasteiger partial charge < -0.3 is 14.8 Å². The molecule has 0 radical (unpaired) electrons. The van der Waals surface area contributed by atoms with Gasteiger partial charge in [0, 0.05) is 10.9 Å². The zero-order valence-electron chi connectivity index (χ0n) is 16.8. The number of hydrogen-bond acceptors (Lipinski definition) is 4. The molecule has 4 aromatic rings. The molecule has 0 fully saturated rings. The van der Waals surface area contributed by atoms with Crippen molar-refractivity contribution in [3.05, 3.63) is 102 Å². The Morgan fingerprint density at radius 1 is 0.839 bits per heavy atom. The SMILES string of the molecule is O=C(NCCOc1ccc(F)cc1)c1ccc(OCc2ccc3ccccc3n2)cc1. The molecule has 0 atom stereocenters. The van der Waals surface area contributed by atoms with Crippen molar-refractivity contribution in [1.82, 2.24) is 10.3 Å². The van der Waals surface area contributed by atoms with Crippen LogP contribution >= 0.6 is 0 Å². The normalized spacial score (nSPS) is 10.6. The maximum atomic E-state index is 12.9. The van der Waals surface area contributed by atoms with Crippen LogP contribution in [0.3, 0.4) is 0 Å². The molecule has 0 saturated heterocycles. The van der Waals surface area contributed by atoms with Crippen molar-refractivity contribution in [3.8, 4) is 11.5 Å². The van der Waals surface area contributed by atoms with Gasteiger partial charge in [0.2, 0.25) is 0 Å². The van der Waals surface area contributed by atoms with Gasteiger partial charge in [-0.15, -0.1) is 0 Å². The Kier molecular flexibility index (Phi) is 6.38. The topological polar surface area (TPSA) is 60.5 Å². The summed E-state index contributed by atoms with van der Waals surface area (Å²) < 4.78 is 24.1. The highest BCUT2D eigenvalue weighted by molar-refractivity contribution is 5.94. The second-order valence-electron chi connectivity index (χ2n) is 6.87. The van der Waals surface area contributed by atoms with Crippen LogP contribution in [-0.4, -0.2) is 24.0 Å².